The Labute approximate surface area is 132 Å². The average molecular weight is 327 g/mol. The first-order valence-electron chi connectivity index (χ1n) is 6.16. The molecule has 0 fully saturated rings. The highest BCUT2D eigenvalue weighted by Gasteiger charge is 2.15. The van der Waals surface area contributed by atoms with E-state index in [1.807, 2.05) is 13.0 Å². The van der Waals surface area contributed by atoms with Crippen molar-refractivity contribution in [1.29, 1.82) is 0 Å². The van der Waals surface area contributed by atoms with Crippen LogP contribution >= 0.6 is 23.2 Å². The van der Waals surface area contributed by atoms with Crippen molar-refractivity contribution in [3.63, 3.8) is 0 Å². The average Bonchev–Trinajstić information content (AvgIpc) is 2.42. The van der Waals surface area contributed by atoms with Gasteiger partial charge in [0.2, 0.25) is 0 Å². The number of amides is 1. The smallest absolute Gasteiger partial charge is 0.257 e. The Morgan fingerprint density at radius 2 is 1.76 bits per heavy atom. The zero-order valence-electron chi connectivity index (χ0n) is 11.4. The van der Waals surface area contributed by atoms with Crippen LogP contribution in [0.15, 0.2) is 30.3 Å². The molecule has 3 nitrogen and oxygen atoms in total. The van der Waals surface area contributed by atoms with Crippen molar-refractivity contribution in [2.45, 2.75) is 6.92 Å². The summed E-state index contributed by atoms with van der Waals surface area (Å²) in [4.78, 5) is 12.4. The van der Waals surface area contributed by atoms with E-state index < -0.39 is 5.82 Å². The molecule has 0 aliphatic heterocycles. The first kappa shape index (κ1) is 15.6. The second-order valence-electron chi connectivity index (χ2n) is 4.50. The predicted octanol–water partition coefficient (Wildman–Crippen LogP) is 4.73. The molecule has 1 amide bonds. The van der Waals surface area contributed by atoms with Gasteiger partial charge in [-0.3, -0.25) is 4.79 Å². The molecule has 0 aliphatic rings. The van der Waals surface area contributed by atoms with Gasteiger partial charge in [-0.1, -0.05) is 34.8 Å². The minimum Gasteiger partial charge on any atom is -0.387 e. The highest BCUT2D eigenvalue weighted by Crippen LogP contribution is 2.32. The van der Waals surface area contributed by atoms with Crippen molar-refractivity contribution in [2.24, 2.45) is 0 Å². The minimum absolute atomic E-state index is 0.0482. The Morgan fingerprint density at radius 3 is 2.33 bits per heavy atom. The molecule has 0 aromatic heterocycles. The lowest BCUT2D eigenvalue weighted by Crippen LogP contribution is -2.15. The predicted molar refractivity (Wildman–Crippen MR) is 85.1 cm³/mol. The van der Waals surface area contributed by atoms with Crippen LogP contribution in [0.4, 0.5) is 15.8 Å². The molecule has 2 aromatic carbocycles. The van der Waals surface area contributed by atoms with Crippen LogP contribution in [0.1, 0.15) is 15.9 Å². The third-order valence-electron chi connectivity index (χ3n) is 2.93. The van der Waals surface area contributed by atoms with Gasteiger partial charge in [-0.15, -0.1) is 0 Å². The summed E-state index contributed by atoms with van der Waals surface area (Å²) in [6, 6.07) is 7.63. The van der Waals surface area contributed by atoms with Crippen LogP contribution in [0.25, 0.3) is 0 Å². The number of anilines is 2. The molecule has 0 spiro atoms. The molecular formula is C15H13Cl2FN2O. The lowest BCUT2D eigenvalue weighted by atomic mass is 10.1. The molecule has 0 bridgehead atoms. The molecule has 0 radical (unpaired) electrons. The Morgan fingerprint density at radius 1 is 1.14 bits per heavy atom. The number of carbonyl (C=O) groups is 1. The molecule has 0 saturated heterocycles. The van der Waals surface area contributed by atoms with Crippen LogP contribution in [0, 0.1) is 12.7 Å². The number of nitrogens with one attached hydrogen (secondary N) is 2. The van der Waals surface area contributed by atoms with Crippen molar-refractivity contribution in [3.8, 4) is 0 Å². The topological polar surface area (TPSA) is 41.1 Å². The maximum absolute atomic E-state index is 13.1. The highest BCUT2D eigenvalue weighted by atomic mass is 35.5. The maximum Gasteiger partial charge on any atom is 0.257 e. The summed E-state index contributed by atoms with van der Waals surface area (Å²) in [7, 11) is 1.72. The third-order valence-corrected chi connectivity index (χ3v) is 3.53. The van der Waals surface area contributed by atoms with E-state index >= 15 is 0 Å². The van der Waals surface area contributed by atoms with Crippen molar-refractivity contribution < 1.29 is 9.18 Å². The van der Waals surface area contributed by atoms with Crippen molar-refractivity contribution in [1.82, 2.24) is 0 Å². The van der Waals surface area contributed by atoms with Crippen LogP contribution in [0.3, 0.4) is 0 Å². The second-order valence-corrected chi connectivity index (χ2v) is 5.31. The summed E-state index contributed by atoms with van der Waals surface area (Å²) >= 11 is 11.8. The molecule has 2 N–H and O–H groups in total. The van der Waals surface area contributed by atoms with Gasteiger partial charge in [-0.2, -0.15) is 0 Å². The van der Waals surface area contributed by atoms with Crippen molar-refractivity contribution in [3.05, 3.63) is 57.3 Å². The fourth-order valence-electron chi connectivity index (χ4n) is 1.91. The molecule has 0 heterocycles. The largest absolute Gasteiger partial charge is 0.387 e. The van der Waals surface area contributed by atoms with E-state index in [2.05, 4.69) is 10.6 Å². The van der Waals surface area contributed by atoms with Gasteiger partial charge in [0.15, 0.2) is 0 Å². The van der Waals surface area contributed by atoms with E-state index in [4.69, 9.17) is 23.2 Å². The Bertz CT molecular complexity index is 681. The van der Waals surface area contributed by atoms with E-state index in [1.54, 1.807) is 19.2 Å². The number of hydrogen-bond donors (Lipinski definition) is 2. The molecule has 110 valence electrons. The molecule has 6 heteroatoms. The van der Waals surface area contributed by atoms with E-state index in [1.165, 1.54) is 0 Å². The van der Waals surface area contributed by atoms with E-state index in [0.29, 0.717) is 11.3 Å². The molecule has 0 aliphatic carbocycles. The van der Waals surface area contributed by atoms with Crippen LogP contribution in [-0.4, -0.2) is 13.0 Å². The highest BCUT2D eigenvalue weighted by molar-refractivity contribution is 6.40. The van der Waals surface area contributed by atoms with Crippen LogP contribution in [0.5, 0.6) is 0 Å². The lowest BCUT2D eigenvalue weighted by Gasteiger charge is -2.13. The molecule has 2 aromatic rings. The summed E-state index contributed by atoms with van der Waals surface area (Å²) in [5.74, 6) is -0.937. The van der Waals surface area contributed by atoms with Crippen molar-refractivity contribution >= 4 is 40.5 Å². The third kappa shape index (κ3) is 3.46. The summed E-state index contributed by atoms with van der Waals surface area (Å²) in [5.41, 5.74) is 2.25. The number of carbonyl (C=O) groups excluding carboxylic acids is 1. The summed E-state index contributed by atoms with van der Waals surface area (Å²) in [5, 5.41) is 5.65. The quantitative estimate of drug-likeness (QED) is 0.855. The van der Waals surface area contributed by atoms with Gasteiger partial charge in [-0.05, 0) is 31.2 Å². The first-order chi connectivity index (χ1) is 9.92. The van der Waals surface area contributed by atoms with Gasteiger partial charge in [0.05, 0.1) is 21.3 Å². The van der Waals surface area contributed by atoms with Crippen LogP contribution in [0.2, 0.25) is 10.0 Å². The normalized spacial score (nSPS) is 10.3. The summed E-state index contributed by atoms with van der Waals surface area (Å²) in [6.45, 7) is 1.88. The van der Waals surface area contributed by atoms with Gasteiger partial charge < -0.3 is 10.6 Å². The number of halogens is 3. The minimum atomic E-state index is -0.561. The monoisotopic (exact) mass is 326 g/mol. The van der Waals surface area contributed by atoms with Gasteiger partial charge in [0.1, 0.15) is 5.82 Å². The van der Waals surface area contributed by atoms with Crippen LogP contribution < -0.4 is 10.6 Å². The molecule has 0 atom stereocenters. The fraction of sp³-hybridized carbons (Fsp3) is 0.133. The first-order valence-corrected chi connectivity index (χ1v) is 6.92. The van der Waals surface area contributed by atoms with Crippen LogP contribution in [-0.2, 0) is 0 Å². The Hall–Kier alpha value is -1.78. The van der Waals surface area contributed by atoms with Gasteiger partial charge >= 0.3 is 0 Å². The van der Waals surface area contributed by atoms with E-state index in [0.717, 1.165) is 17.7 Å². The number of hydrogen-bond acceptors (Lipinski definition) is 2. The fourth-order valence-corrected chi connectivity index (χ4v) is 2.46. The number of benzene rings is 2. The number of aryl methyl sites for hydroxylation is 1. The van der Waals surface area contributed by atoms with Crippen molar-refractivity contribution in [2.75, 3.05) is 17.7 Å². The zero-order valence-corrected chi connectivity index (χ0v) is 12.9. The molecule has 2 rings (SSSR count). The lowest BCUT2D eigenvalue weighted by molar-refractivity contribution is 0.102. The molecule has 21 heavy (non-hydrogen) atoms. The van der Waals surface area contributed by atoms with Gasteiger partial charge in [0, 0.05) is 12.7 Å². The SMILES string of the molecule is CNc1ccc(C)cc1C(=O)Nc1c(Cl)cc(F)cc1Cl. The Balaban J connectivity index is 2.37. The standard InChI is InChI=1S/C15H13Cl2FN2O/c1-8-3-4-13(19-2)10(5-8)15(21)20-14-11(16)6-9(18)7-12(14)17/h3-7,19H,1-2H3,(H,20,21). The summed E-state index contributed by atoms with van der Waals surface area (Å²) in [6.07, 6.45) is 0. The zero-order chi connectivity index (χ0) is 15.6. The maximum atomic E-state index is 13.1. The molecular weight excluding hydrogens is 314 g/mol. The van der Waals surface area contributed by atoms with E-state index in [9.17, 15) is 9.18 Å². The second kappa shape index (κ2) is 6.33. The summed E-state index contributed by atoms with van der Waals surface area (Å²) < 4.78 is 13.1. The Kier molecular flexibility index (Phi) is 4.70. The number of rotatable bonds is 3. The molecule has 0 unspecified atom stereocenters. The molecule has 0 saturated carbocycles. The van der Waals surface area contributed by atoms with E-state index in [-0.39, 0.29) is 21.6 Å². The van der Waals surface area contributed by atoms with Gasteiger partial charge in [-0.25, -0.2) is 4.39 Å². The van der Waals surface area contributed by atoms with Gasteiger partial charge in [0.25, 0.3) is 5.91 Å².